The molecule has 1 aromatic heterocycles. The van der Waals surface area contributed by atoms with Gasteiger partial charge in [0, 0.05) is 0 Å². The highest BCUT2D eigenvalue weighted by atomic mass is 16.5. The van der Waals surface area contributed by atoms with E-state index in [1.54, 1.807) is 25.1 Å². The van der Waals surface area contributed by atoms with Crippen LogP contribution in [0, 0.1) is 18.3 Å². The largest absolute Gasteiger partial charge is 0.493 e. The molecule has 0 saturated heterocycles. The molecule has 0 radical (unpaired) electrons. The molecule has 152 valence electrons. The zero-order chi connectivity index (χ0) is 21.5. The summed E-state index contributed by atoms with van der Waals surface area (Å²) in [6, 6.07) is 14.6. The Morgan fingerprint density at radius 1 is 1.13 bits per heavy atom. The van der Waals surface area contributed by atoms with E-state index in [0.29, 0.717) is 17.1 Å². The Balaban J connectivity index is 1.81. The smallest absolute Gasteiger partial charge is 0.348 e. The topological polar surface area (TPSA) is 94.3 Å². The van der Waals surface area contributed by atoms with Gasteiger partial charge in [0.15, 0.2) is 11.5 Å². The number of aryl methyl sites for hydroxylation is 1. The average molecular weight is 403 g/mol. The summed E-state index contributed by atoms with van der Waals surface area (Å²) in [4.78, 5) is 21.0. The standard InChI is InChI=1S/C23H21N3O4/c1-4-29-23(27)17(13-24)11-16-9-10-21(22(12-16)28-3)30-14-20-15(2)25-18-7-5-6-8-19(18)26-20/h5-12H,4,14H2,1-3H3/b17-11+. The Morgan fingerprint density at radius 2 is 1.87 bits per heavy atom. The molecule has 0 bridgehead atoms. The van der Waals surface area contributed by atoms with E-state index in [2.05, 4.69) is 9.97 Å². The lowest BCUT2D eigenvalue weighted by Crippen LogP contribution is -2.06. The molecule has 0 amide bonds. The second kappa shape index (κ2) is 9.52. The van der Waals surface area contributed by atoms with Crippen molar-refractivity contribution in [2.45, 2.75) is 20.5 Å². The number of methoxy groups -OCH3 is 1. The molecule has 7 nitrogen and oxygen atoms in total. The van der Waals surface area contributed by atoms with Crippen LogP contribution in [0.2, 0.25) is 0 Å². The maximum atomic E-state index is 11.8. The van der Waals surface area contributed by atoms with Gasteiger partial charge in [0.25, 0.3) is 0 Å². The lowest BCUT2D eigenvalue weighted by Gasteiger charge is -2.12. The Kier molecular flexibility index (Phi) is 6.60. The van der Waals surface area contributed by atoms with Gasteiger partial charge in [-0.1, -0.05) is 18.2 Å². The van der Waals surface area contributed by atoms with Gasteiger partial charge in [0.05, 0.1) is 36.1 Å². The molecule has 2 aromatic carbocycles. The number of benzene rings is 2. The Bertz CT molecular complexity index is 1150. The van der Waals surface area contributed by atoms with E-state index in [9.17, 15) is 10.1 Å². The van der Waals surface area contributed by atoms with Gasteiger partial charge in [-0.25, -0.2) is 14.8 Å². The number of carbonyl (C=O) groups is 1. The molecular formula is C23H21N3O4. The molecule has 0 saturated carbocycles. The van der Waals surface area contributed by atoms with Crippen LogP contribution in [0.1, 0.15) is 23.9 Å². The first kappa shape index (κ1) is 20.8. The summed E-state index contributed by atoms with van der Waals surface area (Å²) in [5, 5.41) is 9.19. The summed E-state index contributed by atoms with van der Waals surface area (Å²) in [6.07, 6.45) is 1.45. The summed E-state index contributed by atoms with van der Waals surface area (Å²) in [6.45, 7) is 4.00. The van der Waals surface area contributed by atoms with Gasteiger partial charge in [-0.15, -0.1) is 0 Å². The van der Waals surface area contributed by atoms with Crippen LogP contribution in [0.15, 0.2) is 48.0 Å². The fourth-order valence-electron chi connectivity index (χ4n) is 2.81. The third kappa shape index (κ3) is 4.73. The van der Waals surface area contributed by atoms with Gasteiger partial charge < -0.3 is 14.2 Å². The van der Waals surface area contributed by atoms with E-state index in [-0.39, 0.29) is 18.8 Å². The van der Waals surface area contributed by atoms with Crippen LogP contribution >= 0.6 is 0 Å². The van der Waals surface area contributed by atoms with E-state index in [4.69, 9.17) is 14.2 Å². The van der Waals surface area contributed by atoms with Crippen molar-refractivity contribution in [3.8, 4) is 17.6 Å². The predicted octanol–water partition coefficient (Wildman–Crippen LogP) is 4.00. The van der Waals surface area contributed by atoms with Crippen LogP contribution in [0.3, 0.4) is 0 Å². The van der Waals surface area contributed by atoms with Crippen LogP contribution in [0.5, 0.6) is 11.5 Å². The summed E-state index contributed by atoms with van der Waals surface area (Å²) >= 11 is 0. The molecule has 0 atom stereocenters. The number of ether oxygens (including phenoxy) is 3. The molecule has 3 aromatic rings. The Hall–Kier alpha value is -3.92. The van der Waals surface area contributed by atoms with Crippen LogP contribution < -0.4 is 9.47 Å². The monoisotopic (exact) mass is 403 g/mol. The van der Waals surface area contributed by atoms with Crippen molar-refractivity contribution in [1.29, 1.82) is 5.26 Å². The number of para-hydroxylation sites is 2. The Morgan fingerprint density at radius 3 is 2.53 bits per heavy atom. The number of nitriles is 1. The number of aromatic nitrogens is 2. The second-order valence-corrected chi connectivity index (χ2v) is 6.33. The molecule has 7 heteroatoms. The number of hydrogen-bond donors (Lipinski definition) is 0. The maximum absolute atomic E-state index is 11.8. The predicted molar refractivity (Wildman–Crippen MR) is 112 cm³/mol. The van der Waals surface area contributed by atoms with Gasteiger partial charge in [0.2, 0.25) is 0 Å². The molecule has 0 N–H and O–H groups in total. The van der Waals surface area contributed by atoms with Crippen molar-refractivity contribution in [2.75, 3.05) is 13.7 Å². The van der Waals surface area contributed by atoms with Crippen molar-refractivity contribution < 1.29 is 19.0 Å². The fourth-order valence-corrected chi connectivity index (χ4v) is 2.81. The summed E-state index contributed by atoms with van der Waals surface area (Å²) in [5.41, 5.74) is 3.69. The molecule has 30 heavy (non-hydrogen) atoms. The Labute approximate surface area is 174 Å². The number of fused-ring (bicyclic) bond motifs is 1. The van der Waals surface area contributed by atoms with Crippen LogP contribution in [0.4, 0.5) is 0 Å². The molecule has 0 aliphatic heterocycles. The molecule has 0 aliphatic carbocycles. The first-order valence-corrected chi connectivity index (χ1v) is 9.37. The molecule has 0 spiro atoms. The van der Waals surface area contributed by atoms with Crippen molar-refractivity contribution >= 4 is 23.1 Å². The zero-order valence-corrected chi connectivity index (χ0v) is 17.0. The molecule has 0 fully saturated rings. The van der Waals surface area contributed by atoms with E-state index in [0.717, 1.165) is 22.4 Å². The molecule has 0 aliphatic rings. The van der Waals surface area contributed by atoms with Gasteiger partial charge >= 0.3 is 5.97 Å². The van der Waals surface area contributed by atoms with Crippen molar-refractivity contribution in [3.05, 3.63) is 65.0 Å². The third-order valence-corrected chi connectivity index (χ3v) is 4.32. The van der Waals surface area contributed by atoms with Crippen molar-refractivity contribution in [1.82, 2.24) is 9.97 Å². The molecule has 0 unspecified atom stereocenters. The number of esters is 1. The van der Waals surface area contributed by atoms with E-state index >= 15 is 0 Å². The second-order valence-electron chi connectivity index (χ2n) is 6.33. The van der Waals surface area contributed by atoms with Gasteiger partial charge in [-0.05, 0) is 49.8 Å². The van der Waals surface area contributed by atoms with E-state index in [1.165, 1.54) is 13.2 Å². The number of nitrogens with zero attached hydrogens (tertiary/aromatic N) is 3. The number of rotatable bonds is 7. The number of carbonyl (C=O) groups excluding carboxylic acids is 1. The van der Waals surface area contributed by atoms with Gasteiger partial charge in [-0.3, -0.25) is 0 Å². The zero-order valence-electron chi connectivity index (χ0n) is 17.0. The highest BCUT2D eigenvalue weighted by Crippen LogP contribution is 2.30. The van der Waals surface area contributed by atoms with Crippen molar-refractivity contribution in [3.63, 3.8) is 0 Å². The minimum Gasteiger partial charge on any atom is -0.493 e. The van der Waals surface area contributed by atoms with Crippen molar-refractivity contribution in [2.24, 2.45) is 0 Å². The molecule has 3 rings (SSSR count). The van der Waals surface area contributed by atoms with E-state index in [1.807, 2.05) is 37.3 Å². The summed E-state index contributed by atoms with van der Waals surface area (Å²) in [5.74, 6) is 0.319. The first-order chi connectivity index (χ1) is 14.5. The lowest BCUT2D eigenvalue weighted by molar-refractivity contribution is -0.137. The minimum atomic E-state index is -0.662. The molecule has 1 heterocycles. The highest BCUT2D eigenvalue weighted by molar-refractivity contribution is 5.97. The average Bonchev–Trinajstić information content (AvgIpc) is 2.76. The van der Waals surface area contributed by atoms with Gasteiger partial charge in [0.1, 0.15) is 18.2 Å². The maximum Gasteiger partial charge on any atom is 0.348 e. The third-order valence-electron chi connectivity index (χ3n) is 4.32. The SMILES string of the molecule is CCOC(=O)/C(C#N)=C/c1ccc(OCc2nc3ccccc3nc2C)c(OC)c1. The quantitative estimate of drug-likeness (QED) is 0.334. The van der Waals surface area contributed by atoms with Crippen LogP contribution in [-0.2, 0) is 16.1 Å². The van der Waals surface area contributed by atoms with Crippen LogP contribution in [-0.4, -0.2) is 29.7 Å². The molecular weight excluding hydrogens is 382 g/mol. The minimum absolute atomic E-state index is 0.0883. The van der Waals surface area contributed by atoms with Crippen LogP contribution in [0.25, 0.3) is 17.1 Å². The lowest BCUT2D eigenvalue weighted by atomic mass is 10.1. The first-order valence-electron chi connectivity index (χ1n) is 9.37. The highest BCUT2D eigenvalue weighted by Gasteiger charge is 2.12. The fraction of sp³-hybridized carbons (Fsp3) is 0.217. The summed E-state index contributed by atoms with van der Waals surface area (Å²) < 4.78 is 16.2. The summed E-state index contributed by atoms with van der Waals surface area (Å²) in [7, 11) is 1.52. The normalized spacial score (nSPS) is 11.1. The number of hydrogen-bond acceptors (Lipinski definition) is 7. The van der Waals surface area contributed by atoms with E-state index < -0.39 is 5.97 Å². The van der Waals surface area contributed by atoms with Gasteiger partial charge in [-0.2, -0.15) is 5.26 Å².